The summed E-state index contributed by atoms with van der Waals surface area (Å²) in [6.07, 6.45) is 3.40. The second kappa shape index (κ2) is 8.08. The van der Waals surface area contributed by atoms with E-state index in [1.165, 1.54) is 24.2 Å². The molecule has 2 aliphatic carbocycles. The maximum absolute atomic E-state index is 13.4. The molecule has 1 spiro atoms. The van der Waals surface area contributed by atoms with Crippen molar-refractivity contribution in [2.24, 2.45) is 16.6 Å². The van der Waals surface area contributed by atoms with Crippen molar-refractivity contribution in [1.29, 1.82) is 0 Å². The van der Waals surface area contributed by atoms with Crippen molar-refractivity contribution in [2.45, 2.75) is 49.9 Å². The first-order chi connectivity index (χ1) is 16.1. The van der Waals surface area contributed by atoms with Crippen LogP contribution in [0.3, 0.4) is 0 Å². The van der Waals surface area contributed by atoms with Gasteiger partial charge in [0, 0.05) is 26.0 Å². The molecule has 10 heteroatoms. The van der Waals surface area contributed by atoms with E-state index >= 15 is 0 Å². The van der Waals surface area contributed by atoms with Crippen molar-refractivity contribution in [3.05, 3.63) is 40.5 Å². The SMILES string of the molecule is CN=C(N)c1cc2c(cc1O)N(c1cnc(OCC3CCC(F)(F)CC3)c(Cl)c1)C(=O)C21CC1. The number of carbonyl (C=O) groups excluding carboxylic acids is 1. The highest BCUT2D eigenvalue weighted by Crippen LogP contribution is 2.60. The first-order valence-electron chi connectivity index (χ1n) is 11.3. The zero-order valence-corrected chi connectivity index (χ0v) is 19.4. The number of halogens is 3. The van der Waals surface area contributed by atoms with Gasteiger partial charge in [-0.15, -0.1) is 0 Å². The van der Waals surface area contributed by atoms with Crippen LogP contribution in [0.15, 0.2) is 29.4 Å². The Kier molecular flexibility index (Phi) is 5.42. The van der Waals surface area contributed by atoms with E-state index in [4.69, 9.17) is 22.1 Å². The monoisotopic (exact) mass is 490 g/mol. The highest BCUT2D eigenvalue weighted by Gasteiger charge is 2.60. The van der Waals surface area contributed by atoms with Gasteiger partial charge in [0.05, 0.1) is 35.2 Å². The fourth-order valence-corrected chi connectivity index (χ4v) is 5.10. The van der Waals surface area contributed by atoms with E-state index in [1.54, 1.807) is 12.1 Å². The lowest BCUT2D eigenvalue weighted by Gasteiger charge is -2.28. The standard InChI is InChI=1S/C24H25ClF2N4O3/c1-29-20(28)15-9-16-18(10-19(15)32)31(22(33)23(16)6-7-23)14-8-17(25)21(30-11-14)34-12-13-2-4-24(26,27)5-3-13/h8-11,13,32H,2-7,12H2,1H3,(H2,28,29). The second-order valence-corrected chi connectivity index (χ2v) is 9.72. The highest BCUT2D eigenvalue weighted by atomic mass is 35.5. The van der Waals surface area contributed by atoms with Crippen LogP contribution in [-0.4, -0.2) is 41.4 Å². The Morgan fingerprint density at radius 2 is 2.00 bits per heavy atom. The van der Waals surface area contributed by atoms with Crippen molar-refractivity contribution in [3.8, 4) is 11.6 Å². The molecule has 1 aliphatic heterocycles. The molecule has 2 aromatic rings. The normalized spacial score (nSPS) is 21.1. The van der Waals surface area contributed by atoms with Gasteiger partial charge in [-0.3, -0.25) is 14.7 Å². The molecule has 2 saturated carbocycles. The largest absolute Gasteiger partial charge is 0.507 e. The van der Waals surface area contributed by atoms with Gasteiger partial charge in [0.1, 0.15) is 16.6 Å². The Bertz CT molecular complexity index is 1190. The number of benzene rings is 1. The molecule has 7 nitrogen and oxygen atoms in total. The molecular formula is C24H25ClF2N4O3. The zero-order valence-electron chi connectivity index (χ0n) is 18.7. The van der Waals surface area contributed by atoms with Crippen LogP contribution >= 0.6 is 11.6 Å². The topological polar surface area (TPSA) is 101 Å². The van der Waals surface area contributed by atoms with Gasteiger partial charge in [0.25, 0.3) is 0 Å². The van der Waals surface area contributed by atoms with Crippen LogP contribution in [0.25, 0.3) is 0 Å². The Hall–Kier alpha value is -2.94. The van der Waals surface area contributed by atoms with E-state index in [0.717, 1.165) is 5.56 Å². The number of aromatic hydroxyl groups is 1. The molecule has 3 aliphatic rings. The van der Waals surface area contributed by atoms with Crippen LogP contribution in [-0.2, 0) is 10.2 Å². The van der Waals surface area contributed by atoms with Crippen molar-refractivity contribution in [3.63, 3.8) is 0 Å². The summed E-state index contributed by atoms with van der Waals surface area (Å²) in [5.41, 5.74) is 7.48. The Balaban J connectivity index is 1.39. The Morgan fingerprint density at radius 3 is 2.62 bits per heavy atom. The van der Waals surface area contributed by atoms with Gasteiger partial charge < -0.3 is 15.6 Å². The number of carbonyl (C=O) groups is 1. The molecule has 1 aromatic heterocycles. The van der Waals surface area contributed by atoms with Crippen LogP contribution in [0.5, 0.6) is 11.6 Å². The molecule has 0 saturated heterocycles. The number of hydrogen-bond acceptors (Lipinski definition) is 5. The fourth-order valence-electron chi connectivity index (χ4n) is 4.88. The number of rotatable bonds is 5. The van der Waals surface area contributed by atoms with Crippen molar-refractivity contribution in [2.75, 3.05) is 18.6 Å². The number of pyridine rings is 1. The third kappa shape index (κ3) is 3.76. The van der Waals surface area contributed by atoms with Gasteiger partial charge in [0.15, 0.2) is 0 Å². The molecule has 2 fully saturated rings. The number of amidine groups is 1. The second-order valence-electron chi connectivity index (χ2n) is 9.31. The molecule has 0 atom stereocenters. The minimum Gasteiger partial charge on any atom is -0.507 e. The number of anilines is 2. The van der Waals surface area contributed by atoms with Gasteiger partial charge in [-0.25, -0.2) is 13.8 Å². The molecular weight excluding hydrogens is 466 g/mol. The third-order valence-electron chi connectivity index (χ3n) is 7.09. The number of nitrogens with two attached hydrogens (primary N) is 1. The number of amides is 1. The smallest absolute Gasteiger partial charge is 0.248 e. The number of alkyl halides is 2. The summed E-state index contributed by atoms with van der Waals surface area (Å²) in [4.78, 5) is 23.2. The highest BCUT2D eigenvalue weighted by molar-refractivity contribution is 6.32. The predicted molar refractivity (Wildman–Crippen MR) is 124 cm³/mol. The summed E-state index contributed by atoms with van der Waals surface area (Å²) in [6.45, 7) is 0.258. The maximum atomic E-state index is 13.4. The molecule has 3 N–H and O–H groups in total. The Labute approximate surface area is 200 Å². The summed E-state index contributed by atoms with van der Waals surface area (Å²) in [7, 11) is 1.53. The van der Waals surface area contributed by atoms with E-state index < -0.39 is 11.3 Å². The lowest BCUT2D eigenvalue weighted by molar-refractivity contribution is -0.119. The van der Waals surface area contributed by atoms with Crippen molar-refractivity contribution >= 4 is 34.7 Å². The number of nitrogens with zero attached hydrogens (tertiary/aromatic N) is 3. The summed E-state index contributed by atoms with van der Waals surface area (Å²) in [5, 5.41) is 10.8. The number of aliphatic imine (C=N–C) groups is 1. The number of fused-ring (bicyclic) bond motifs is 2. The quantitative estimate of drug-likeness (QED) is 0.467. The average Bonchev–Trinajstić information content (AvgIpc) is 3.57. The zero-order chi connectivity index (χ0) is 24.3. The lowest BCUT2D eigenvalue weighted by atomic mass is 9.87. The summed E-state index contributed by atoms with van der Waals surface area (Å²) >= 11 is 6.42. The lowest BCUT2D eigenvalue weighted by Crippen LogP contribution is -2.28. The van der Waals surface area contributed by atoms with E-state index in [0.29, 0.717) is 42.6 Å². The van der Waals surface area contributed by atoms with Crippen LogP contribution < -0.4 is 15.4 Å². The van der Waals surface area contributed by atoms with Crippen molar-refractivity contribution < 1.29 is 23.4 Å². The van der Waals surface area contributed by atoms with Crippen LogP contribution in [0.2, 0.25) is 5.02 Å². The first-order valence-corrected chi connectivity index (χ1v) is 11.6. The molecule has 1 aromatic carbocycles. The Morgan fingerprint density at radius 1 is 1.29 bits per heavy atom. The molecule has 5 rings (SSSR count). The van der Waals surface area contributed by atoms with Crippen LogP contribution in [0, 0.1) is 5.92 Å². The molecule has 2 heterocycles. The maximum Gasteiger partial charge on any atom is 0.248 e. The van der Waals surface area contributed by atoms with Gasteiger partial charge >= 0.3 is 0 Å². The van der Waals surface area contributed by atoms with Gasteiger partial charge in [0.2, 0.25) is 17.7 Å². The number of aromatic nitrogens is 1. The van der Waals surface area contributed by atoms with Gasteiger partial charge in [-0.05, 0) is 49.3 Å². The molecule has 0 radical (unpaired) electrons. The predicted octanol–water partition coefficient (Wildman–Crippen LogP) is 4.69. The molecule has 1 amide bonds. The fraction of sp³-hybridized carbons (Fsp3) is 0.458. The number of phenolic OH excluding ortho intramolecular Hbond substituents is 1. The third-order valence-corrected chi connectivity index (χ3v) is 7.36. The number of hydrogen-bond donors (Lipinski definition) is 2. The molecule has 0 unspecified atom stereocenters. The van der Waals surface area contributed by atoms with Crippen LogP contribution in [0.4, 0.5) is 20.2 Å². The summed E-state index contributed by atoms with van der Waals surface area (Å²) < 4.78 is 32.5. The van der Waals surface area contributed by atoms with Gasteiger partial charge in [-0.1, -0.05) is 11.6 Å². The van der Waals surface area contributed by atoms with E-state index in [9.17, 15) is 18.7 Å². The minimum atomic E-state index is -2.59. The van der Waals surface area contributed by atoms with E-state index in [2.05, 4.69) is 9.98 Å². The molecule has 0 bridgehead atoms. The van der Waals surface area contributed by atoms with Crippen LogP contribution in [0.1, 0.15) is 49.7 Å². The molecule has 34 heavy (non-hydrogen) atoms. The van der Waals surface area contributed by atoms with E-state index in [1.807, 2.05) is 0 Å². The summed E-state index contributed by atoms with van der Waals surface area (Å²) in [6, 6.07) is 4.85. The molecule has 180 valence electrons. The first kappa shape index (κ1) is 22.8. The number of ether oxygens (including phenoxy) is 1. The van der Waals surface area contributed by atoms with Gasteiger partial charge in [-0.2, -0.15) is 0 Å². The van der Waals surface area contributed by atoms with Crippen molar-refractivity contribution in [1.82, 2.24) is 4.98 Å². The van der Waals surface area contributed by atoms with E-state index in [-0.39, 0.29) is 53.8 Å². The summed E-state index contributed by atoms with van der Waals surface area (Å²) in [5.74, 6) is -2.36. The average molecular weight is 491 g/mol. The number of phenols is 1. The minimum absolute atomic E-state index is 0.0233.